The Morgan fingerprint density at radius 1 is 0.848 bits per heavy atom. The molecular formula is C27H31Cl2NOSiTi-4. The number of benzene rings is 3. The minimum absolute atomic E-state index is 0. The van der Waals surface area contributed by atoms with E-state index >= 15 is 0 Å². The number of allylic oxidation sites excluding steroid dienone is 1. The molecule has 1 unspecified atom stereocenters. The summed E-state index contributed by atoms with van der Waals surface area (Å²) in [6.45, 7) is 2.23. The number of rotatable bonds is 1. The third-order valence-electron chi connectivity index (χ3n) is 5.90. The Bertz CT molecular complexity index is 1040. The number of carbonyl (C=O) groups excluding carboxylic acids is 1. The van der Waals surface area contributed by atoms with E-state index in [0.29, 0.717) is 5.92 Å². The van der Waals surface area contributed by atoms with Gasteiger partial charge in [0, 0.05) is 16.9 Å². The number of hydrogen-bond acceptors (Lipinski definition) is 1. The maximum absolute atomic E-state index is 10.5. The van der Waals surface area contributed by atoms with Crippen LogP contribution >= 0.6 is 0 Å². The smallest absolute Gasteiger partial charge is 1.00 e. The molecule has 2 nitrogen and oxygen atoms in total. The molecular weight excluding hydrogens is 501 g/mol. The fraction of sp³-hybridized carbons (Fsp3) is 0.296. The maximum Gasteiger partial charge on any atom is 2.00 e. The van der Waals surface area contributed by atoms with Crippen LogP contribution in [0.4, 0.5) is 0 Å². The van der Waals surface area contributed by atoms with Crippen LogP contribution in [0.1, 0.15) is 56.1 Å². The molecule has 1 N–H and O–H groups in total. The van der Waals surface area contributed by atoms with E-state index in [0.717, 1.165) is 25.7 Å². The number of halogens is 2. The van der Waals surface area contributed by atoms with Crippen molar-refractivity contribution >= 4 is 44.5 Å². The zero-order valence-corrected chi connectivity index (χ0v) is 23.6. The molecule has 1 fully saturated rings. The quantitative estimate of drug-likeness (QED) is 0.267. The van der Waals surface area contributed by atoms with Crippen molar-refractivity contribution in [3.8, 4) is 0 Å². The van der Waals surface area contributed by atoms with Crippen LogP contribution < -0.4 is 24.8 Å². The Labute approximate surface area is 231 Å². The second-order valence-corrected chi connectivity index (χ2v) is 7.65. The molecule has 6 heteroatoms. The van der Waals surface area contributed by atoms with Gasteiger partial charge in [0.05, 0.1) is 5.91 Å². The summed E-state index contributed by atoms with van der Waals surface area (Å²) in [6.07, 6.45) is 11.1. The fourth-order valence-corrected chi connectivity index (χ4v) is 4.47. The van der Waals surface area contributed by atoms with Crippen LogP contribution in [0.25, 0.3) is 33.4 Å². The molecule has 0 bridgehead atoms. The zero-order chi connectivity index (χ0) is 18.8. The average molecular weight is 532 g/mol. The Morgan fingerprint density at radius 3 is 1.79 bits per heavy atom. The van der Waals surface area contributed by atoms with Gasteiger partial charge in [-0.3, -0.25) is 6.08 Å². The van der Waals surface area contributed by atoms with Gasteiger partial charge in [0.15, 0.2) is 0 Å². The molecule has 1 amide bonds. The second kappa shape index (κ2) is 16.5. The van der Waals surface area contributed by atoms with Crippen LogP contribution in [0.2, 0.25) is 0 Å². The molecule has 3 aromatic carbocycles. The summed E-state index contributed by atoms with van der Waals surface area (Å²) in [5.74, 6) is 0.128. The number of fused-ring (bicyclic) bond motifs is 6. The molecule has 5 rings (SSSR count). The van der Waals surface area contributed by atoms with Crippen molar-refractivity contribution in [2.45, 2.75) is 44.9 Å². The van der Waals surface area contributed by atoms with Crippen molar-refractivity contribution < 1.29 is 51.3 Å². The number of hydrogen-bond donors (Lipinski definition) is 0. The minimum Gasteiger partial charge on any atom is -1.00 e. The molecule has 3 aromatic rings. The van der Waals surface area contributed by atoms with Gasteiger partial charge in [-0.1, -0.05) is 86.0 Å². The standard InChI is InChI=1S/C18H13.C7H13NO.2CH3.2ClH.Si.Ti/c1-12-10-11-17-15-8-3-2-6-13(15)14-7-4-5-9-16(14)18(12)17;8-7(9)6-4-2-1-3-5-6;;;;;;/h2-9,11-12H,1H3;6H,1-5H2,(H2,8,9);2*1H3;2*1H;;/q-1;;2*-1;;;;+2/p-3. The Hall–Kier alpha value is -1.10. The third-order valence-corrected chi connectivity index (χ3v) is 5.90. The van der Waals surface area contributed by atoms with Crippen molar-refractivity contribution in [3.63, 3.8) is 0 Å². The molecule has 0 aliphatic heterocycles. The summed E-state index contributed by atoms with van der Waals surface area (Å²) in [5, 5.41) is 5.43. The number of carbonyl (C=O) groups is 1. The number of nitrogens with one attached hydrogen (secondary N) is 1. The second-order valence-electron chi connectivity index (χ2n) is 7.65. The van der Waals surface area contributed by atoms with Crippen LogP contribution in [0.3, 0.4) is 0 Å². The van der Waals surface area contributed by atoms with E-state index in [4.69, 9.17) is 5.73 Å². The van der Waals surface area contributed by atoms with Crippen LogP contribution in [0.5, 0.6) is 0 Å². The summed E-state index contributed by atoms with van der Waals surface area (Å²) in [6, 6.07) is 17.4. The van der Waals surface area contributed by atoms with Gasteiger partial charge in [0.25, 0.3) is 0 Å². The van der Waals surface area contributed by atoms with Crippen molar-refractivity contribution in [3.05, 3.63) is 86.3 Å². The Morgan fingerprint density at radius 2 is 1.30 bits per heavy atom. The van der Waals surface area contributed by atoms with Gasteiger partial charge in [0.1, 0.15) is 0 Å². The molecule has 0 aromatic heterocycles. The first-order valence-electron chi connectivity index (χ1n) is 9.95. The van der Waals surface area contributed by atoms with Gasteiger partial charge >= 0.3 is 21.7 Å². The predicted molar refractivity (Wildman–Crippen MR) is 132 cm³/mol. The van der Waals surface area contributed by atoms with E-state index in [-0.39, 0.29) is 84.2 Å². The van der Waals surface area contributed by atoms with Crippen molar-refractivity contribution in [1.82, 2.24) is 0 Å². The summed E-state index contributed by atoms with van der Waals surface area (Å²) in [4.78, 5) is 10.5. The zero-order valence-electron chi connectivity index (χ0n) is 19.6. The van der Waals surface area contributed by atoms with E-state index in [2.05, 4.69) is 67.6 Å². The first-order chi connectivity index (χ1) is 13.2. The predicted octanol–water partition coefficient (Wildman–Crippen LogP) is 1.60. The summed E-state index contributed by atoms with van der Waals surface area (Å²) >= 11 is 0. The summed E-state index contributed by atoms with van der Waals surface area (Å²) < 4.78 is 0. The average Bonchev–Trinajstić information content (AvgIpc) is 3.11. The topological polar surface area (TPSA) is 40.9 Å². The molecule has 0 spiro atoms. The molecule has 1 atom stereocenters. The van der Waals surface area contributed by atoms with Crippen molar-refractivity contribution in [1.29, 1.82) is 0 Å². The van der Waals surface area contributed by atoms with Gasteiger partial charge in [-0.25, -0.2) is 6.08 Å². The monoisotopic (exact) mass is 531 g/mol. The molecule has 0 saturated heterocycles. The summed E-state index contributed by atoms with van der Waals surface area (Å²) in [7, 11) is 0. The molecule has 2 aliphatic carbocycles. The van der Waals surface area contributed by atoms with E-state index in [1.807, 2.05) is 0 Å². The molecule has 0 heterocycles. The Balaban J connectivity index is -0.000000532. The van der Waals surface area contributed by atoms with Gasteiger partial charge < -0.3 is 50.2 Å². The minimum atomic E-state index is -0.352. The molecule has 4 radical (unpaired) electrons. The van der Waals surface area contributed by atoms with E-state index in [1.54, 1.807) is 0 Å². The maximum atomic E-state index is 10.5. The fourth-order valence-electron chi connectivity index (χ4n) is 4.47. The van der Waals surface area contributed by atoms with Crippen LogP contribution in [-0.4, -0.2) is 16.9 Å². The normalized spacial score (nSPS) is 15.5. The van der Waals surface area contributed by atoms with Gasteiger partial charge in [-0.2, -0.15) is 5.56 Å². The van der Waals surface area contributed by atoms with Crippen molar-refractivity contribution in [2.24, 2.45) is 5.92 Å². The first kappa shape index (κ1) is 36.5. The van der Waals surface area contributed by atoms with Crippen LogP contribution in [0.15, 0.2) is 48.5 Å². The van der Waals surface area contributed by atoms with Gasteiger partial charge in [-0.15, -0.1) is 5.56 Å². The van der Waals surface area contributed by atoms with Gasteiger partial charge in [0.2, 0.25) is 0 Å². The summed E-state index contributed by atoms with van der Waals surface area (Å²) in [5.41, 5.74) is 9.63. The molecule has 33 heavy (non-hydrogen) atoms. The van der Waals surface area contributed by atoms with E-state index < -0.39 is 0 Å². The van der Waals surface area contributed by atoms with E-state index in [1.165, 1.54) is 39.1 Å². The SMILES string of the molecule is CC1[C-]=Cc2c1c1ccccc1c1ccccc21.[CH3-].[CH3-].[Cl-].[Cl-].[NH-]C(=O)C1CCCCC1.[Si].[Ti+2]. The third kappa shape index (κ3) is 7.70. The molecule has 176 valence electrons. The molecule has 2 aliphatic rings. The number of amides is 1. The first-order valence-corrected chi connectivity index (χ1v) is 9.95. The van der Waals surface area contributed by atoms with Crippen molar-refractivity contribution in [2.75, 3.05) is 0 Å². The van der Waals surface area contributed by atoms with Crippen LogP contribution in [-0.2, 0) is 26.5 Å². The molecule has 1 saturated carbocycles. The van der Waals surface area contributed by atoms with E-state index in [9.17, 15) is 4.79 Å². The Kier molecular flexibility index (Phi) is 18.3. The largest absolute Gasteiger partial charge is 2.00 e. The van der Waals surface area contributed by atoms with Crippen LogP contribution in [0, 0.1) is 26.8 Å². The van der Waals surface area contributed by atoms with Gasteiger partial charge in [-0.05, 0) is 29.0 Å².